The second-order valence-corrected chi connectivity index (χ2v) is 9.59. The second kappa shape index (κ2) is 6.60. The maximum absolute atomic E-state index is 10.0. The highest BCUT2D eigenvalue weighted by atomic mass is 79.9. The van der Waals surface area contributed by atoms with Gasteiger partial charge in [-0.3, -0.25) is 0 Å². The van der Waals surface area contributed by atoms with E-state index in [9.17, 15) is 10.2 Å². The van der Waals surface area contributed by atoms with Gasteiger partial charge >= 0.3 is 0 Å². The minimum Gasteiger partial charge on any atom is -0.504 e. The van der Waals surface area contributed by atoms with E-state index in [1.807, 2.05) is 11.3 Å². The molecule has 136 valence electrons. The summed E-state index contributed by atoms with van der Waals surface area (Å²) in [5.74, 6) is 0.274. The first-order valence-electron chi connectivity index (χ1n) is 8.71. The van der Waals surface area contributed by atoms with Gasteiger partial charge < -0.3 is 15.5 Å². The van der Waals surface area contributed by atoms with E-state index in [2.05, 4.69) is 32.2 Å². The van der Waals surface area contributed by atoms with Gasteiger partial charge in [0.2, 0.25) is 0 Å². The molecule has 2 atom stereocenters. The Hall–Kier alpha value is -1.04. The summed E-state index contributed by atoms with van der Waals surface area (Å²) in [6.45, 7) is 7.79. The number of thiophene rings is 1. The largest absolute Gasteiger partial charge is 0.504 e. The molecule has 2 heterocycles. The van der Waals surface area contributed by atoms with Crippen molar-refractivity contribution in [1.82, 2.24) is 5.32 Å². The SMILES string of the molecule is Br.CC(C)(C)Cc1cc2c(s1)CN[C@@H]1CCc3cc(O)c(O)cc3[C@@H]21. The first-order valence-corrected chi connectivity index (χ1v) is 9.53. The van der Waals surface area contributed by atoms with Gasteiger partial charge in [0.1, 0.15) is 0 Å². The molecule has 1 aliphatic carbocycles. The highest BCUT2D eigenvalue weighted by Gasteiger charge is 2.37. The number of fused-ring (bicyclic) bond motifs is 5. The Balaban J connectivity index is 0.00000182. The highest BCUT2D eigenvalue weighted by Crippen LogP contribution is 2.46. The number of nitrogens with one attached hydrogen (secondary N) is 1. The third-order valence-electron chi connectivity index (χ3n) is 5.16. The number of hydrogen-bond donors (Lipinski definition) is 3. The summed E-state index contributed by atoms with van der Waals surface area (Å²) in [5, 5.41) is 23.5. The molecule has 0 saturated carbocycles. The Kier molecular flexibility index (Phi) is 4.95. The summed E-state index contributed by atoms with van der Waals surface area (Å²) < 4.78 is 0. The molecule has 0 radical (unpaired) electrons. The lowest BCUT2D eigenvalue weighted by molar-refractivity contribution is 0.382. The summed E-state index contributed by atoms with van der Waals surface area (Å²) in [6.07, 6.45) is 3.12. The van der Waals surface area contributed by atoms with Crippen molar-refractivity contribution in [3.05, 3.63) is 44.6 Å². The molecule has 2 aromatic rings. The van der Waals surface area contributed by atoms with Crippen LogP contribution in [0.1, 0.15) is 59.6 Å². The van der Waals surface area contributed by atoms with Crippen molar-refractivity contribution >= 4 is 28.3 Å². The van der Waals surface area contributed by atoms with Crippen molar-refractivity contribution in [2.24, 2.45) is 5.41 Å². The van der Waals surface area contributed by atoms with Crippen LogP contribution >= 0.6 is 28.3 Å². The van der Waals surface area contributed by atoms with Gasteiger partial charge in [-0.1, -0.05) is 20.8 Å². The first-order chi connectivity index (χ1) is 11.3. The van der Waals surface area contributed by atoms with Crippen molar-refractivity contribution in [3.63, 3.8) is 0 Å². The van der Waals surface area contributed by atoms with Gasteiger partial charge in [-0.25, -0.2) is 0 Å². The molecule has 4 rings (SSSR count). The lowest BCUT2D eigenvalue weighted by atomic mass is 9.73. The van der Waals surface area contributed by atoms with E-state index < -0.39 is 0 Å². The monoisotopic (exact) mass is 423 g/mol. The molecule has 1 aliphatic heterocycles. The van der Waals surface area contributed by atoms with Crippen LogP contribution in [0, 0.1) is 5.41 Å². The highest BCUT2D eigenvalue weighted by molar-refractivity contribution is 8.93. The van der Waals surface area contributed by atoms with Gasteiger partial charge in [-0.2, -0.15) is 0 Å². The third-order valence-corrected chi connectivity index (χ3v) is 6.31. The zero-order valence-electron chi connectivity index (χ0n) is 14.9. The molecular formula is C20H26BrNO2S. The van der Waals surface area contributed by atoms with E-state index in [0.717, 1.165) is 25.8 Å². The number of halogens is 1. The zero-order chi connectivity index (χ0) is 17.1. The van der Waals surface area contributed by atoms with E-state index in [1.165, 1.54) is 26.4 Å². The summed E-state index contributed by atoms with van der Waals surface area (Å²) >= 11 is 1.93. The molecule has 0 bridgehead atoms. The van der Waals surface area contributed by atoms with Crippen LogP contribution in [0.4, 0.5) is 0 Å². The molecule has 0 spiro atoms. The van der Waals surface area contributed by atoms with Gasteiger partial charge in [-0.15, -0.1) is 28.3 Å². The van der Waals surface area contributed by atoms with E-state index in [-0.39, 0.29) is 39.8 Å². The predicted molar refractivity (Wildman–Crippen MR) is 108 cm³/mol. The molecule has 1 aromatic carbocycles. The average molecular weight is 424 g/mol. The van der Waals surface area contributed by atoms with E-state index in [4.69, 9.17) is 0 Å². The number of hydrogen-bond acceptors (Lipinski definition) is 4. The molecule has 5 heteroatoms. The normalized spacial score (nSPS) is 21.7. The maximum atomic E-state index is 10.0. The van der Waals surface area contributed by atoms with Gasteiger partial charge in [-0.05, 0) is 59.6 Å². The molecule has 0 fully saturated rings. The smallest absolute Gasteiger partial charge is 0.157 e. The minimum absolute atomic E-state index is 0. The van der Waals surface area contributed by atoms with Crippen LogP contribution in [0.15, 0.2) is 18.2 Å². The van der Waals surface area contributed by atoms with Crippen molar-refractivity contribution in [2.45, 2.75) is 58.5 Å². The minimum atomic E-state index is -0.00771. The molecule has 2 aliphatic rings. The quantitative estimate of drug-likeness (QED) is 0.573. The Labute approximate surface area is 163 Å². The Morgan fingerprint density at radius 2 is 1.84 bits per heavy atom. The Morgan fingerprint density at radius 1 is 1.12 bits per heavy atom. The number of phenols is 2. The van der Waals surface area contributed by atoms with Crippen LogP contribution in [0.3, 0.4) is 0 Å². The fraction of sp³-hybridized carbons (Fsp3) is 0.500. The topological polar surface area (TPSA) is 52.5 Å². The number of aromatic hydroxyl groups is 2. The number of benzene rings is 1. The van der Waals surface area contributed by atoms with E-state index in [0.29, 0.717) is 6.04 Å². The van der Waals surface area contributed by atoms with Crippen LogP contribution < -0.4 is 5.32 Å². The fourth-order valence-corrected chi connectivity index (χ4v) is 5.64. The Morgan fingerprint density at radius 3 is 2.56 bits per heavy atom. The molecule has 0 amide bonds. The molecule has 3 N–H and O–H groups in total. The van der Waals surface area contributed by atoms with Crippen molar-refractivity contribution < 1.29 is 10.2 Å². The summed E-state index contributed by atoms with van der Waals surface area (Å²) in [7, 11) is 0. The van der Waals surface area contributed by atoms with Crippen LogP contribution in [-0.4, -0.2) is 16.3 Å². The van der Waals surface area contributed by atoms with Crippen LogP contribution in [0.2, 0.25) is 0 Å². The molecule has 0 unspecified atom stereocenters. The van der Waals surface area contributed by atoms with Crippen LogP contribution in [0.5, 0.6) is 11.5 Å². The summed E-state index contributed by atoms with van der Waals surface area (Å²) in [5.41, 5.74) is 4.06. The molecule has 0 saturated heterocycles. The van der Waals surface area contributed by atoms with E-state index in [1.54, 1.807) is 12.1 Å². The molecule has 3 nitrogen and oxygen atoms in total. The Bertz CT molecular complexity index is 794. The fourth-order valence-electron chi connectivity index (χ4n) is 4.18. The van der Waals surface area contributed by atoms with Gasteiger partial charge in [0.05, 0.1) is 0 Å². The third kappa shape index (κ3) is 3.46. The number of aryl methyl sites for hydroxylation is 1. The van der Waals surface area contributed by atoms with Crippen LogP contribution in [0.25, 0.3) is 0 Å². The lowest BCUT2D eigenvalue weighted by Crippen LogP contribution is -2.41. The second-order valence-electron chi connectivity index (χ2n) is 8.37. The van der Waals surface area contributed by atoms with Crippen molar-refractivity contribution in [2.75, 3.05) is 0 Å². The number of phenolic OH excluding ortho intramolecular Hbond substituents is 2. The lowest BCUT2D eigenvalue weighted by Gasteiger charge is -2.38. The average Bonchev–Trinajstić information content (AvgIpc) is 2.88. The maximum Gasteiger partial charge on any atom is 0.157 e. The number of rotatable bonds is 1. The summed E-state index contributed by atoms with van der Waals surface area (Å²) in [6, 6.07) is 6.34. The summed E-state index contributed by atoms with van der Waals surface area (Å²) in [4.78, 5) is 2.88. The zero-order valence-corrected chi connectivity index (χ0v) is 17.5. The molecule has 25 heavy (non-hydrogen) atoms. The van der Waals surface area contributed by atoms with Gasteiger partial charge in [0.15, 0.2) is 11.5 Å². The first kappa shape index (κ1) is 18.7. The molecular weight excluding hydrogens is 398 g/mol. The molecule has 1 aromatic heterocycles. The standard InChI is InChI=1S/C20H25NO2S.BrH/c1-20(2,3)9-12-7-14-18(24-12)10-21-15-5-4-11-6-16(22)17(23)8-13(11)19(14)15;/h6-8,15,19,21-23H,4-5,9-10H2,1-3H3;1H/t15-,19+;/m1./s1. The predicted octanol–water partition coefficient (Wildman–Crippen LogP) is 4.88. The van der Waals surface area contributed by atoms with Gasteiger partial charge in [0, 0.05) is 28.3 Å². The van der Waals surface area contributed by atoms with Gasteiger partial charge in [0.25, 0.3) is 0 Å². The van der Waals surface area contributed by atoms with Crippen molar-refractivity contribution in [1.29, 1.82) is 0 Å². The van der Waals surface area contributed by atoms with Crippen LogP contribution in [-0.2, 0) is 19.4 Å². The van der Waals surface area contributed by atoms with E-state index >= 15 is 0 Å². The van der Waals surface area contributed by atoms with Crippen molar-refractivity contribution in [3.8, 4) is 11.5 Å².